The van der Waals surface area contributed by atoms with Crippen LogP contribution in [0.2, 0.25) is 0 Å². The second-order valence-electron chi connectivity index (χ2n) is 9.58. The van der Waals surface area contributed by atoms with Crippen LogP contribution in [0.3, 0.4) is 0 Å². The summed E-state index contributed by atoms with van der Waals surface area (Å²) < 4.78 is 7.54. The monoisotopic (exact) mass is 462 g/mol. The summed E-state index contributed by atoms with van der Waals surface area (Å²) in [6, 6.07) is 10.5. The number of benzene rings is 1. The number of aryl methyl sites for hydroxylation is 1. The van der Waals surface area contributed by atoms with Crippen LogP contribution >= 0.6 is 0 Å². The second-order valence-corrected chi connectivity index (χ2v) is 9.58. The van der Waals surface area contributed by atoms with Gasteiger partial charge in [-0.25, -0.2) is 0 Å². The molecule has 0 radical (unpaired) electrons. The van der Waals surface area contributed by atoms with Gasteiger partial charge in [-0.2, -0.15) is 0 Å². The van der Waals surface area contributed by atoms with Gasteiger partial charge in [0, 0.05) is 37.3 Å². The highest BCUT2D eigenvalue weighted by Crippen LogP contribution is 2.31. The molecule has 1 fully saturated rings. The number of pyridine rings is 1. The minimum atomic E-state index is -0.0374. The molecule has 4 heterocycles. The minimum Gasteiger partial charge on any atom is -0.493 e. The zero-order valence-corrected chi connectivity index (χ0v) is 19.9. The summed E-state index contributed by atoms with van der Waals surface area (Å²) in [5, 5.41) is 3.74. The Labute approximate surface area is 201 Å². The van der Waals surface area contributed by atoms with Crippen LogP contribution in [0.1, 0.15) is 48.9 Å². The Balaban J connectivity index is 1.17. The molecular weight excluding hydrogens is 428 g/mol. The maximum atomic E-state index is 12.7. The van der Waals surface area contributed by atoms with Gasteiger partial charge in [-0.05, 0) is 69.0 Å². The number of hydrogen-bond acceptors (Lipinski definition) is 5. The van der Waals surface area contributed by atoms with Gasteiger partial charge < -0.3 is 15.0 Å². The first-order chi connectivity index (χ1) is 16.7. The number of nitrogens with one attached hydrogen (secondary N) is 1. The van der Waals surface area contributed by atoms with Crippen molar-refractivity contribution in [2.45, 2.75) is 51.2 Å². The maximum absolute atomic E-state index is 12.7. The Hall–Kier alpha value is -2.90. The maximum Gasteiger partial charge on any atom is 0.252 e. The number of likely N-dealkylation sites (tertiary alicyclic amines) is 1. The Morgan fingerprint density at radius 2 is 2.03 bits per heavy atom. The third-order valence-corrected chi connectivity index (χ3v) is 7.27. The molecule has 3 aliphatic heterocycles. The third-order valence-electron chi connectivity index (χ3n) is 7.27. The summed E-state index contributed by atoms with van der Waals surface area (Å²) in [4.78, 5) is 28.6. The number of anilines is 1. The van der Waals surface area contributed by atoms with Crippen LogP contribution in [-0.4, -0.2) is 54.7 Å². The molecule has 2 aromatic rings. The first kappa shape index (κ1) is 22.9. The average molecular weight is 463 g/mol. The summed E-state index contributed by atoms with van der Waals surface area (Å²) in [6.45, 7) is 6.97. The highest BCUT2D eigenvalue weighted by Gasteiger charge is 2.33. The number of carbonyl (C=O) groups excluding carboxylic acids is 1. The second kappa shape index (κ2) is 10.2. The van der Waals surface area contributed by atoms with Crippen LogP contribution < -0.4 is 20.5 Å². The first-order valence-electron chi connectivity index (χ1n) is 12.5. The predicted octanol–water partition coefficient (Wildman–Crippen LogP) is 2.98. The number of amides is 1. The molecule has 0 aliphatic carbocycles. The lowest BCUT2D eigenvalue weighted by atomic mass is 10.0. The molecule has 1 aromatic heterocycles. The summed E-state index contributed by atoms with van der Waals surface area (Å²) in [6.07, 6.45) is 9.11. The molecule has 1 saturated heterocycles. The molecule has 0 saturated carbocycles. The third kappa shape index (κ3) is 4.68. The molecule has 1 atom stereocenters. The number of aromatic nitrogens is 1. The van der Waals surface area contributed by atoms with Crippen LogP contribution in [0.25, 0.3) is 6.08 Å². The molecule has 1 amide bonds. The van der Waals surface area contributed by atoms with Gasteiger partial charge in [0.1, 0.15) is 11.6 Å². The zero-order chi connectivity index (χ0) is 23.5. The van der Waals surface area contributed by atoms with Crippen LogP contribution in [0.15, 0.2) is 41.2 Å². The fourth-order valence-corrected chi connectivity index (χ4v) is 5.56. The lowest BCUT2D eigenvalue weighted by Crippen LogP contribution is -2.44. The van der Waals surface area contributed by atoms with E-state index in [1.54, 1.807) is 17.0 Å². The Kier molecular flexibility index (Phi) is 6.83. The molecular formula is C27H34N4O3. The van der Waals surface area contributed by atoms with Crippen molar-refractivity contribution in [1.29, 1.82) is 0 Å². The number of hydrogen-bond donors (Lipinski definition) is 1. The molecule has 180 valence electrons. The number of ether oxygens (including phenoxy) is 1. The van der Waals surface area contributed by atoms with Gasteiger partial charge in [-0.1, -0.05) is 24.3 Å². The number of piperidine rings is 1. The highest BCUT2D eigenvalue weighted by atomic mass is 16.5. The lowest BCUT2D eigenvalue weighted by Gasteiger charge is -2.34. The van der Waals surface area contributed by atoms with Crippen molar-refractivity contribution in [3.05, 3.63) is 63.5 Å². The molecule has 7 nitrogen and oxygen atoms in total. The van der Waals surface area contributed by atoms with Crippen LogP contribution in [-0.2, 0) is 17.8 Å². The number of fused-ring (bicyclic) bond motifs is 2. The zero-order valence-electron chi connectivity index (χ0n) is 19.9. The summed E-state index contributed by atoms with van der Waals surface area (Å²) in [5.74, 6) is 1.76. The van der Waals surface area contributed by atoms with Gasteiger partial charge in [0.25, 0.3) is 5.56 Å². The fourth-order valence-electron chi connectivity index (χ4n) is 5.56. The molecule has 1 N–H and O–H groups in total. The van der Waals surface area contributed by atoms with Crippen molar-refractivity contribution < 1.29 is 9.53 Å². The number of rotatable bonds is 7. The van der Waals surface area contributed by atoms with E-state index in [2.05, 4.69) is 28.4 Å². The van der Waals surface area contributed by atoms with E-state index in [-0.39, 0.29) is 11.6 Å². The first-order valence-corrected chi connectivity index (χ1v) is 12.5. The minimum absolute atomic E-state index is 0.0138. The fraction of sp³-hybridized carbons (Fsp3) is 0.481. The normalized spacial score (nSPS) is 20.9. The van der Waals surface area contributed by atoms with Crippen molar-refractivity contribution >= 4 is 18.3 Å². The van der Waals surface area contributed by atoms with Crippen molar-refractivity contribution in [2.24, 2.45) is 0 Å². The van der Waals surface area contributed by atoms with Gasteiger partial charge >= 0.3 is 0 Å². The van der Waals surface area contributed by atoms with E-state index in [9.17, 15) is 9.59 Å². The quantitative estimate of drug-likeness (QED) is 0.641. The Morgan fingerprint density at radius 3 is 2.82 bits per heavy atom. The topological polar surface area (TPSA) is 66.8 Å². The molecule has 7 heteroatoms. The van der Waals surface area contributed by atoms with Crippen molar-refractivity contribution in [3.8, 4) is 5.75 Å². The van der Waals surface area contributed by atoms with Crippen LogP contribution in [0, 0.1) is 0 Å². The molecule has 0 bridgehead atoms. The van der Waals surface area contributed by atoms with E-state index in [4.69, 9.17) is 4.74 Å². The molecule has 3 aliphatic rings. The van der Waals surface area contributed by atoms with Gasteiger partial charge in [0.2, 0.25) is 6.41 Å². The number of carbonyl (C=O) groups is 1. The van der Waals surface area contributed by atoms with Gasteiger partial charge in [0.15, 0.2) is 0 Å². The van der Waals surface area contributed by atoms with Gasteiger partial charge in [0.05, 0.1) is 12.6 Å². The molecule has 34 heavy (non-hydrogen) atoms. The van der Waals surface area contributed by atoms with Crippen molar-refractivity contribution in [2.75, 3.05) is 37.7 Å². The molecule has 0 unspecified atom stereocenters. The predicted molar refractivity (Wildman–Crippen MR) is 134 cm³/mol. The van der Waals surface area contributed by atoms with E-state index in [1.807, 2.05) is 23.6 Å². The van der Waals surface area contributed by atoms with Crippen LogP contribution in [0.4, 0.5) is 5.82 Å². The van der Waals surface area contributed by atoms with Crippen molar-refractivity contribution in [1.82, 2.24) is 14.8 Å². The number of allylic oxidation sites excluding steroid dienone is 1. The summed E-state index contributed by atoms with van der Waals surface area (Å²) >= 11 is 0. The van der Waals surface area contributed by atoms with E-state index in [0.717, 1.165) is 82.0 Å². The molecule has 0 spiro atoms. The standard InChI is InChI=1S/C27H34N4O3/c1-2-4-21-7-9-26(33)31-24(18-30(19-32)27(21)31)17-29-12-10-23(11-13-29)28-16-20-6-8-25-22(15-20)5-3-14-34-25/h2,4,6-9,15,19,23-24,28H,3,5,10-14,16-18H2,1H3/b4-2-/t24-/m1/s1. The van der Waals surface area contributed by atoms with E-state index in [0.29, 0.717) is 12.6 Å². The Bertz CT molecular complexity index is 1120. The lowest BCUT2D eigenvalue weighted by molar-refractivity contribution is -0.107. The SMILES string of the molecule is C/C=C\c1ccc(=O)n2c1N(C=O)C[C@H]2CN1CCC(NCc2ccc3c(c2)CCCO3)CC1. The number of nitrogens with zero attached hydrogens (tertiary/aromatic N) is 3. The summed E-state index contributed by atoms with van der Waals surface area (Å²) in [5.41, 5.74) is 3.52. The van der Waals surface area contributed by atoms with E-state index >= 15 is 0 Å². The van der Waals surface area contributed by atoms with Gasteiger partial charge in [-0.3, -0.25) is 19.1 Å². The molecule has 1 aromatic carbocycles. The van der Waals surface area contributed by atoms with Crippen LogP contribution in [0.5, 0.6) is 5.75 Å². The van der Waals surface area contributed by atoms with Crippen molar-refractivity contribution in [3.63, 3.8) is 0 Å². The van der Waals surface area contributed by atoms with E-state index < -0.39 is 0 Å². The van der Waals surface area contributed by atoms with Gasteiger partial charge in [-0.15, -0.1) is 0 Å². The van der Waals surface area contributed by atoms with E-state index in [1.165, 1.54) is 11.1 Å². The smallest absolute Gasteiger partial charge is 0.252 e. The average Bonchev–Trinajstić information content (AvgIpc) is 3.24. The largest absolute Gasteiger partial charge is 0.493 e. The molecule has 5 rings (SSSR count). The highest BCUT2D eigenvalue weighted by molar-refractivity contribution is 5.80. The summed E-state index contributed by atoms with van der Waals surface area (Å²) in [7, 11) is 0. The Morgan fingerprint density at radius 1 is 1.18 bits per heavy atom.